The number of rotatable bonds is 4. The molecule has 0 aliphatic carbocycles. The molecule has 0 saturated carbocycles. The molecule has 1 N–H and O–H groups in total. The van der Waals surface area contributed by atoms with Crippen LogP contribution in [0, 0.1) is 0 Å². The van der Waals surface area contributed by atoms with E-state index < -0.39 is 24.4 Å². The lowest BCUT2D eigenvalue weighted by molar-refractivity contribution is -0.145. The Morgan fingerprint density at radius 3 is 2.70 bits per heavy atom. The number of benzene rings is 1. The van der Waals surface area contributed by atoms with Crippen molar-refractivity contribution in [3.63, 3.8) is 0 Å². The number of carbonyl (C=O) groups excluding carboxylic acids is 3. The van der Waals surface area contributed by atoms with E-state index in [9.17, 15) is 14.4 Å². The van der Waals surface area contributed by atoms with Crippen molar-refractivity contribution >= 4 is 40.9 Å². The predicted molar refractivity (Wildman–Crippen MR) is 72.9 cm³/mol. The van der Waals surface area contributed by atoms with Gasteiger partial charge < -0.3 is 10.1 Å². The Bertz CT molecular complexity index is 573. The van der Waals surface area contributed by atoms with Crippen LogP contribution in [0.2, 0.25) is 10.0 Å². The Morgan fingerprint density at radius 1 is 1.35 bits per heavy atom. The maximum absolute atomic E-state index is 11.9. The van der Waals surface area contributed by atoms with Crippen molar-refractivity contribution < 1.29 is 19.1 Å². The maximum atomic E-state index is 11.9. The van der Waals surface area contributed by atoms with Crippen molar-refractivity contribution in [1.29, 1.82) is 0 Å². The van der Waals surface area contributed by atoms with Crippen molar-refractivity contribution in [2.75, 3.05) is 6.61 Å². The number of halogens is 2. The predicted octanol–water partition coefficient (Wildman–Crippen LogP) is 2.00. The summed E-state index contributed by atoms with van der Waals surface area (Å²) in [4.78, 5) is 34.5. The minimum atomic E-state index is -0.670. The molecule has 1 heterocycles. The second-order valence-electron chi connectivity index (χ2n) is 4.31. The van der Waals surface area contributed by atoms with E-state index in [1.807, 2.05) is 0 Å². The molecule has 0 spiro atoms. The summed E-state index contributed by atoms with van der Waals surface area (Å²) in [5, 5.41) is 3.08. The first-order valence-electron chi connectivity index (χ1n) is 5.91. The highest BCUT2D eigenvalue weighted by Crippen LogP contribution is 2.21. The molecule has 1 aliphatic rings. The maximum Gasteiger partial charge on any atom is 0.329 e. The van der Waals surface area contributed by atoms with Gasteiger partial charge in [0, 0.05) is 17.0 Å². The summed E-state index contributed by atoms with van der Waals surface area (Å²) >= 11 is 11.6. The fourth-order valence-electron chi connectivity index (χ4n) is 1.82. The van der Waals surface area contributed by atoms with Gasteiger partial charge in [0.2, 0.25) is 11.7 Å². The summed E-state index contributed by atoms with van der Waals surface area (Å²) < 4.78 is 4.88. The molecule has 106 valence electrons. The first kappa shape index (κ1) is 14.8. The Morgan fingerprint density at radius 2 is 2.10 bits per heavy atom. The molecular formula is C13H11Cl2NO4. The van der Waals surface area contributed by atoms with Crippen LogP contribution in [0.15, 0.2) is 18.2 Å². The molecule has 0 radical (unpaired) electrons. The van der Waals surface area contributed by atoms with E-state index in [1.165, 1.54) is 18.2 Å². The normalized spacial score (nSPS) is 17.7. The minimum absolute atomic E-state index is 0.195. The van der Waals surface area contributed by atoms with Gasteiger partial charge >= 0.3 is 5.97 Å². The molecular weight excluding hydrogens is 305 g/mol. The standard InChI is InChI=1S/C13H11Cl2NO4/c14-7-1-2-8(9(15)5-7)11(17)6-20-13(19)10-3-4-12(18)16-10/h1-2,5,10H,3-4,6H2,(H,16,18). The topological polar surface area (TPSA) is 72.5 Å². The molecule has 0 bridgehead atoms. The fourth-order valence-corrected chi connectivity index (χ4v) is 2.34. The summed E-state index contributed by atoms with van der Waals surface area (Å²) in [6.45, 7) is -0.424. The van der Waals surface area contributed by atoms with Crippen LogP contribution in [0.4, 0.5) is 0 Å². The molecule has 1 aliphatic heterocycles. The second-order valence-corrected chi connectivity index (χ2v) is 5.16. The molecule has 1 aromatic carbocycles. The lowest BCUT2D eigenvalue weighted by atomic mass is 10.1. The highest BCUT2D eigenvalue weighted by molar-refractivity contribution is 6.36. The number of ether oxygens (including phenoxy) is 1. The molecule has 20 heavy (non-hydrogen) atoms. The summed E-state index contributed by atoms with van der Waals surface area (Å²) in [5.74, 6) is -1.24. The number of hydrogen-bond acceptors (Lipinski definition) is 4. The van der Waals surface area contributed by atoms with Gasteiger partial charge in [0.25, 0.3) is 0 Å². The van der Waals surface area contributed by atoms with Gasteiger partial charge in [-0.3, -0.25) is 9.59 Å². The van der Waals surface area contributed by atoms with E-state index in [1.54, 1.807) is 0 Å². The summed E-state index contributed by atoms with van der Waals surface area (Å²) in [7, 11) is 0. The minimum Gasteiger partial charge on any atom is -0.456 e. The SMILES string of the molecule is O=C1CCC(C(=O)OCC(=O)c2ccc(Cl)cc2Cl)N1. The zero-order valence-corrected chi connectivity index (χ0v) is 11.8. The zero-order chi connectivity index (χ0) is 14.7. The van der Waals surface area contributed by atoms with E-state index in [0.29, 0.717) is 11.4 Å². The van der Waals surface area contributed by atoms with E-state index >= 15 is 0 Å². The number of ketones is 1. The quantitative estimate of drug-likeness (QED) is 0.681. The van der Waals surface area contributed by atoms with Crippen LogP contribution in [0.1, 0.15) is 23.2 Å². The molecule has 1 amide bonds. The molecule has 2 rings (SSSR count). The summed E-state index contributed by atoms with van der Waals surface area (Å²) in [6.07, 6.45) is 0.671. The van der Waals surface area contributed by atoms with Crippen molar-refractivity contribution in [1.82, 2.24) is 5.32 Å². The number of hydrogen-bond donors (Lipinski definition) is 1. The van der Waals surface area contributed by atoms with Crippen LogP contribution in [-0.4, -0.2) is 30.3 Å². The van der Waals surface area contributed by atoms with E-state index in [4.69, 9.17) is 27.9 Å². The third-order valence-corrected chi connectivity index (χ3v) is 3.40. The monoisotopic (exact) mass is 315 g/mol. The zero-order valence-electron chi connectivity index (χ0n) is 10.3. The summed E-state index contributed by atoms with van der Waals surface area (Å²) in [5.41, 5.74) is 0.235. The molecule has 1 atom stereocenters. The second kappa shape index (κ2) is 6.24. The highest BCUT2D eigenvalue weighted by Gasteiger charge is 2.29. The third-order valence-electron chi connectivity index (χ3n) is 2.86. The molecule has 7 heteroatoms. The number of amides is 1. The third kappa shape index (κ3) is 3.49. The Kier molecular flexibility index (Phi) is 4.62. The van der Waals surface area contributed by atoms with Crippen molar-refractivity contribution in [2.45, 2.75) is 18.9 Å². The van der Waals surface area contributed by atoms with E-state index in [-0.39, 0.29) is 22.9 Å². The molecule has 5 nitrogen and oxygen atoms in total. The van der Waals surface area contributed by atoms with Crippen LogP contribution in [0.5, 0.6) is 0 Å². The van der Waals surface area contributed by atoms with Crippen LogP contribution in [0.25, 0.3) is 0 Å². The van der Waals surface area contributed by atoms with Crippen molar-refractivity contribution in [2.24, 2.45) is 0 Å². The molecule has 1 aromatic rings. The Hall–Kier alpha value is -1.59. The van der Waals surface area contributed by atoms with Crippen molar-refractivity contribution in [3.05, 3.63) is 33.8 Å². The molecule has 1 fully saturated rings. The van der Waals surface area contributed by atoms with E-state index in [2.05, 4.69) is 5.32 Å². The number of esters is 1. The van der Waals surface area contributed by atoms with Gasteiger partial charge in [-0.15, -0.1) is 0 Å². The van der Waals surface area contributed by atoms with E-state index in [0.717, 1.165) is 0 Å². The fraction of sp³-hybridized carbons (Fsp3) is 0.308. The average Bonchev–Trinajstić information content (AvgIpc) is 2.82. The largest absolute Gasteiger partial charge is 0.456 e. The van der Waals surface area contributed by atoms with Gasteiger partial charge in [-0.2, -0.15) is 0 Å². The Balaban J connectivity index is 1.92. The van der Waals surface area contributed by atoms with Gasteiger partial charge in [0.05, 0.1) is 5.02 Å². The summed E-state index contributed by atoms with van der Waals surface area (Å²) in [6, 6.07) is 3.77. The van der Waals surface area contributed by atoms with Crippen molar-refractivity contribution in [3.8, 4) is 0 Å². The van der Waals surface area contributed by atoms with Gasteiger partial charge in [0.15, 0.2) is 6.61 Å². The lowest BCUT2D eigenvalue weighted by Gasteiger charge is -2.10. The molecule has 1 unspecified atom stereocenters. The average molecular weight is 316 g/mol. The first-order valence-corrected chi connectivity index (χ1v) is 6.67. The van der Waals surface area contributed by atoms with Gasteiger partial charge in [-0.25, -0.2) is 4.79 Å². The number of Topliss-reactive ketones (excluding diaryl/α,β-unsaturated/α-hetero) is 1. The Labute approximate surface area is 125 Å². The molecule has 0 aromatic heterocycles. The van der Waals surface area contributed by atoms with Gasteiger partial charge in [-0.05, 0) is 24.6 Å². The number of carbonyl (C=O) groups is 3. The lowest BCUT2D eigenvalue weighted by Crippen LogP contribution is -2.35. The van der Waals surface area contributed by atoms with Crippen LogP contribution < -0.4 is 5.32 Å². The van der Waals surface area contributed by atoms with Crippen LogP contribution in [0.3, 0.4) is 0 Å². The van der Waals surface area contributed by atoms with Gasteiger partial charge in [0.1, 0.15) is 6.04 Å². The van der Waals surface area contributed by atoms with Crippen LogP contribution >= 0.6 is 23.2 Å². The molecule has 1 saturated heterocycles. The van der Waals surface area contributed by atoms with Crippen LogP contribution in [-0.2, 0) is 14.3 Å². The smallest absolute Gasteiger partial charge is 0.329 e. The van der Waals surface area contributed by atoms with Gasteiger partial charge in [-0.1, -0.05) is 23.2 Å². The number of nitrogens with one attached hydrogen (secondary N) is 1. The highest BCUT2D eigenvalue weighted by atomic mass is 35.5. The first-order chi connectivity index (χ1) is 9.47.